The van der Waals surface area contributed by atoms with Crippen molar-refractivity contribution in [1.82, 2.24) is 5.32 Å². The summed E-state index contributed by atoms with van der Waals surface area (Å²) in [5, 5.41) is 2.77. The van der Waals surface area contributed by atoms with Crippen LogP contribution in [0.1, 0.15) is 38.2 Å². The van der Waals surface area contributed by atoms with E-state index in [1.54, 1.807) is 7.11 Å². The second-order valence-electron chi connectivity index (χ2n) is 8.53. The van der Waals surface area contributed by atoms with Gasteiger partial charge in [-0.1, -0.05) is 30.9 Å². The van der Waals surface area contributed by atoms with Crippen molar-refractivity contribution in [3.63, 3.8) is 0 Å². The molecule has 0 spiro atoms. The Morgan fingerprint density at radius 1 is 1.35 bits per heavy atom. The molecule has 4 atom stereocenters. The third-order valence-corrected chi connectivity index (χ3v) is 6.44. The molecule has 0 unspecified atom stereocenters. The Labute approximate surface area is 182 Å². The summed E-state index contributed by atoms with van der Waals surface area (Å²) in [4.78, 5) is 24.3. The molecular weight excluding hydrogens is 398 g/mol. The molecule has 0 radical (unpaired) electrons. The summed E-state index contributed by atoms with van der Waals surface area (Å²) >= 11 is 0. The molecule has 3 aliphatic rings. The fraction of sp³-hybridized carbons (Fsp3) is 0.500. The van der Waals surface area contributed by atoms with Gasteiger partial charge >= 0.3 is 12.1 Å². The van der Waals surface area contributed by atoms with Crippen LogP contribution in [0.15, 0.2) is 48.1 Å². The minimum atomic E-state index is -0.483. The van der Waals surface area contributed by atoms with Gasteiger partial charge in [-0.15, -0.1) is 0 Å². The predicted octanol–water partition coefficient (Wildman–Crippen LogP) is 3.68. The van der Waals surface area contributed by atoms with Crippen molar-refractivity contribution in [3.8, 4) is 5.75 Å². The molecule has 4 rings (SSSR count). The normalized spacial score (nSPS) is 31.4. The van der Waals surface area contributed by atoms with Crippen molar-refractivity contribution >= 4 is 12.1 Å². The lowest BCUT2D eigenvalue weighted by Crippen LogP contribution is -2.29. The van der Waals surface area contributed by atoms with E-state index >= 15 is 0 Å². The molecule has 31 heavy (non-hydrogen) atoms. The zero-order valence-electron chi connectivity index (χ0n) is 18.0. The van der Waals surface area contributed by atoms with Gasteiger partial charge in [0, 0.05) is 23.6 Å². The second kappa shape index (κ2) is 8.75. The van der Waals surface area contributed by atoms with Gasteiger partial charge in [0.2, 0.25) is 0 Å². The number of amides is 1. The van der Waals surface area contributed by atoms with E-state index in [1.807, 2.05) is 24.3 Å². The Morgan fingerprint density at radius 3 is 2.97 bits per heavy atom. The number of alkyl carbamates (subject to hydrolysis) is 1. The van der Waals surface area contributed by atoms with Gasteiger partial charge in [0.05, 0.1) is 12.7 Å². The van der Waals surface area contributed by atoms with Gasteiger partial charge in [-0.25, -0.2) is 9.59 Å². The maximum absolute atomic E-state index is 12.2. The number of benzene rings is 1. The van der Waals surface area contributed by atoms with Crippen LogP contribution in [0, 0.1) is 5.92 Å². The number of methoxy groups -OCH3 is 1. The Hall–Kier alpha value is -2.80. The van der Waals surface area contributed by atoms with Gasteiger partial charge in [-0.2, -0.15) is 0 Å². The highest BCUT2D eigenvalue weighted by Gasteiger charge is 2.61. The van der Waals surface area contributed by atoms with Crippen LogP contribution in [0.5, 0.6) is 5.75 Å². The van der Waals surface area contributed by atoms with Crippen LogP contribution in [0.4, 0.5) is 4.79 Å². The molecule has 2 fully saturated rings. The van der Waals surface area contributed by atoms with Crippen molar-refractivity contribution < 1.29 is 28.5 Å². The van der Waals surface area contributed by atoms with Gasteiger partial charge in [0.15, 0.2) is 0 Å². The molecule has 166 valence electrons. The van der Waals surface area contributed by atoms with Crippen LogP contribution >= 0.6 is 0 Å². The summed E-state index contributed by atoms with van der Waals surface area (Å²) < 4.78 is 22.2. The fourth-order valence-electron chi connectivity index (χ4n) is 4.48. The SMILES string of the molecule is C=C1C(=O)O[C@H]2[C@H]1CC/C(COC(=O)NCc1ccccc1OC)=C\CC[C@@]1(C)O[C@@H]21. The molecule has 1 N–H and O–H groups in total. The van der Waals surface area contributed by atoms with Crippen LogP contribution in [0.25, 0.3) is 0 Å². The van der Waals surface area contributed by atoms with E-state index in [1.165, 1.54) is 0 Å². The maximum Gasteiger partial charge on any atom is 0.407 e. The first-order valence-corrected chi connectivity index (χ1v) is 10.7. The van der Waals surface area contributed by atoms with E-state index in [0.29, 0.717) is 25.0 Å². The summed E-state index contributed by atoms with van der Waals surface area (Å²) in [7, 11) is 1.60. The van der Waals surface area contributed by atoms with E-state index in [9.17, 15) is 9.59 Å². The minimum Gasteiger partial charge on any atom is -0.496 e. The van der Waals surface area contributed by atoms with E-state index in [4.69, 9.17) is 18.9 Å². The van der Waals surface area contributed by atoms with Crippen LogP contribution in [0.2, 0.25) is 0 Å². The van der Waals surface area contributed by atoms with Gasteiger partial charge < -0.3 is 24.3 Å². The number of hydrogen-bond donors (Lipinski definition) is 1. The summed E-state index contributed by atoms with van der Waals surface area (Å²) in [5.74, 6) is 0.319. The van der Waals surface area contributed by atoms with E-state index in [2.05, 4.69) is 24.9 Å². The Balaban J connectivity index is 1.33. The second-order valence-corrected chi connectivity index (χ2v) is 8.53. The van der Waals surface area contributed by atoms with E-state index < -0.39 is 6.09 Å². The molecule has 0 aromatic heterocycles. The number of carbonyl (C=O) groups excluding carboxylic acids is 2. The smallest absolute Gasteiger partial charge is 0.407 e. The maximum atomic E-state index is 12.2. The first kappa shape index (κ1) is 21.4. The Morgan fingerprint density at radius 2 is 2.16 bits per heavy atom. The number of allylic oxidation sites excluding steroid dienone is 1. The van der Waals surface area contributed by atoms with Gasteiger partial charge in [0.25, 0.3) is 0 Å². The van der Waals surface area contributed by atoms with E-state index in [-0.39, 0.29) is 36.3 Å². The highest BCUT2D eigenvalue weighted by Crippen LogP contribution is 2.49. The molecule has 1 amide bonds. The van der Waals surface area contributed by atoms with Crippen molar-refractivity contribution in [2.24, 2.45) is 5.92 Å². The standard InChI is InChI=1S/C24H29NO6/c1-15-18-11-10-16(7-6-12-24(2)21(31-24)20(18)30-22(15)26)14-29-23(27)25-13-17-8-4-5-9-19(17)28-3/h4-5,7-9,18,20-21H,1,6,10-14H2,2-3H3,(H,25,27)/b16-7+/t18-,20-,21-,24+/m0/s1. The van der Waals surface area contributed by atoms with Crippen LogP contribution in [-0.2, 0) is 25.5 Å². The number of fused-ring (bicyclic) bond motifs is 3. The first-order valence-electron chi connectivity index (χ1n) is 10.7. The lowest BCUT2D eigenvalue weighted by molar-refractivity contribution is -0.140. The third kappa shape index (κ3) is 4.61. The summed E-state index contributed by atoms with van der Waals surface area (Å²) in [6.07, 6.45) is 4.38. The van der Waals surface area contributed by atoms with Gasteiger partial charge in [0.1, 0.15) is 24.6 Å². The molecule has 0 saturated carbocycles. The largest absolute Gasteiger partial charge is 0.496 e. The number of hydrogen-bond acceptors (Lipinski definition) is 6. The minimum absolute atomic E-state index is 0.0624. The predicted molar refractivity (Wildman–Crippen MR) is 114 cm³/mol. The zero-order chi connectivity index (χ0) is 22.0. The van der Waals surface area contributed by atoms with Gasteiger partial charge in [-0.05, 0) is 44.2 Å². The number of carbonyl (C=O) groups is 2. The zero-order valence-corrected chi connectivity index (χ0v) is 18.0. The van der Waals surface area contributed by atoms with Gasteiger partial charge in [-0.3, -0.25) is 0 Å². The van der Waals surface area contributed by atoms with Crippen molar-refractivity contribution in [3.05, 3.63) is 53.6 Å². The number of rotatable bonds is 5. The lowest BCUT2D eigenvalue weighted by atomic mass is 9.84. The lowest BCUT2D eigenvalue weighted by Gasteiger charge is -2.20. The molecule has 2 saturated heterocycles. The topological polar surface area (TPSA) is 86.4 Å². The number of nitrogens with one attached hydrogen (secondary N) is 1. The molecule has 2 heterocycles. The summed E-state index contributed by atoms with van der Waals surface area (Å²) in [5.41, 5.74) is 2.14. The molecule has 7 nitrogen and oxygen atoms in total. The quantitative estimate of drug-likeness (QED) is 0.334. The molecule has 1 aromatic rings. The fourth-order valence-corrected chi connectivity index (χ4v) is 4.48. The third-order valence-electron chi connectivity index (χ3n) is 6.44. The molecular formula is C24H29NO6. The summed E-state index contributed by atoms with van der Waals surface area (Å²) in [6.45, 7) is 6.52. The number of esters is 1. The van der Waals surface area contributed by atoms with Crippen molar-refractivity contribution in [1.29, 1.82) is 0 Å². The van der Waals surface area contributed by atoms with Crippen LogP contribution < -0.4 is 10.1 Å². The number of epoxide rings is 1. The first-order chi connectivity index (χ1) is 14.9. The monoisotopic (exact) mass is 427 g/mol. The highest BCUT2D eigenvalue weighted by molar-refractivity contribution is 5.91. The summed E-state index contributed by atoms with van der Waals surface area (Å²) in [6, 6.07) is 7.51. The van der Waals surface area contributed by atoms with Crippen molar-refractivity contribution in [2.75, 3.05) is 13.7 Å². The Bertz CT molecular complexity index is 909. The van der Waals surface area contributed by atoms with Crippen molar-refractivity contribution in [2.45, 2.75) is 57.0 Å². The van der Waals surface area contributed by atoms with Crippen LogP contribution in [0.3, 0.4) is 0 Å². The molecule has 1 aliphatic carbocycles. The molecule has 7 heteroatoms. The molecule has 0 bridgehead atoms. The number of para-hydroxylation sites is 1. The number of ether oxygens (including phenoxy) is 4. The highest BCUT2D eigenvalue weighted by atomic mass is 16.6. The van der Waals surface area contributed by atoms with Crippen LogP contribution in [-0.4, -0.2) is 43.6 Å². The molecule has 2 aliphatic heterocycles. The average Bonchev–Trinajstić information content (AvgIpc) is 3.36. The average molecular weight is 427 g/mol. The van der Waals surface area contributed by atoms with E-state index in [0.717, 1.165) is 29.7 Å². The molecule has 1 aromatic carbocycles. The Kier molecular flexibility index (Phi) is 6.05.